The van der Waals surface area contributed by atoms with Crippen LogP contribution in [0.25, 0.3) is 0 Å². The molecule has 0 aliphatic heterocycles. The van der Waals surface area contributed by atoms with Crippen LogP contribution in [0.1, 0.15) is 1.43 Å². The van der Waals surface area contributed by atoms with Crippen molar-refractivity contribution >= 4 is 14.6 Å². The van der Waals surface area contributed by atoms with E-state index in [0.29, 0.717) is 0 Å². The van der Waals surface area contributed by atoms with Gasteiger partial charge in [0.15, 0.2) is 0 Å². The van der Waals surface area contributed by atoms with Gasteiger partial charge in [0.1, 0.15) is 0 Å². The molecule has 0 bridgehead atoms. The summed E-state index contributed by atoms with van der Waals surface area (Å²) in [6, 6.07) is 12.0. The fourth-order valence-electron chi connectivity index (χ4n) is 0.385. The van der Waals surface area contributed by atoms with Gasteiger partial charge in [-0.05, 0) is 0 Å². The van der Waals surface area contributed by atoms with Gasteiger partial charge in [-0.2, -0.15) is 0 Å². The van der Waals surface area contributed by atoms with Crippen LogP contribution in [0.3, 0.4) is 0 Å². The minimum absolute atomic E-state index is 0. The van der Waals surface area contributed by atoms with Crippen LogP contribution in [0, 0.1) is 0 Å². The van der Waals surface area contributed by atoms with E-state index < -0.39 is 7.32 Å². The smallest absolute Gasteiger partial charge is 0.832 e. The summed E-state index contributed by atoms with van der Waals surface area (Å²) in [5.41, 5.74) is 0. The van der Waals surface area contributed by atoms with Gasteiger partial charge in [0.05, 0.1) is 0 Å². The monoisotopic (exact) mass is 231 g/mol. The van der Waals surface area contributed by atoms with E-state index in [-0.39, 0.29) is 8.69 Å². The Bertz CT molecular complexity index is 182. The van der Waals surface area contributed by atoms with Crippen LogP contribution in [0.5, 0.6) is 0 Å². The molecule has 0 heterocycles. The van der Waals surface area contributed by atoms with Crippen molar-refractivity contribution in [1.82, 2.24) is 0 Å². The van der Waals surface area contributed by atoms with E-state index in [9.17, 15) is 0 Å². The summed E-state index contributed by atoms with van der Waals surface area (Å²) in [6.45, 7) is 9.19. The Morgan fingerprint density at radius 2 is 0.933 bits per heavy atom. The minimum atomic E-state index is -2.42. The highest BCUT2D eigenvalue weighted by Crippen LogP contribution is 2.40. The summed E-state index contributed by atoms with van der Waals surface area (Å²) in [6.07, 6.45) is 0. The van der Waals surface area contributed by atoms with Crippen molar-refractivity contribution in [2.45, 2.75) is 0 Å². The van der Waals surface area contributed by atoms with Crippen LogP contribution in [0.15, 0.2) is 36.4 Å². The summed E-state index contributed by atoms with van der Waals surface area (Å²) < 4.78 is 0. The van der Waals surface area contributed by atoms with Crippen LogP contribution in [-0.4, -0.2) is 44.0 Å². The molecule has 0 aliphatic rings. The van der Waals surface area contributed by atoms with Crippen LogP contribution in [-0.2, 0) is 0 Å². The lowest BCUT2D eigenvalue weighted by atomic mass is 10.3. The van der Waals surface area contributed by atoms with E-state index in [2.05, 4.69) is 26.7 Å². The number of rotatable bonds is 0. The van der Waals surface area contributed by atoms with Crippen LogP contribution in [0.4, 0.5) is 0 Å². The van der Waals surface area contributed by atoms with Crippen molar-refractivity contribution in [2.24, 2.45) is 0 Å². The summed E-state index contributed by atoms with van der Waals surface area (Å²) in [7, 11) is -2.81. The molecule has 0 aliphatic carbocycles. The van der Waals surface area contributed by atoms with Gasteiger partial charge in [-0.1, -0.05) is 36.4 Å². The van der Waals surface area contributed by atoms with E-state index in [1.807, 2.05) is 36.4 Å². The second-order valence-corrected chi connectivity index (χ2v) is 9.53. The molecule has 1 rings (SSSR count). The third-order valence-electron chi connectivity index (χ3n) is 0.667. The lowest BCUT2D eigenvalue weighted by Gasteiger charge is -1.97. The highest BCUT2D eigenvalue weighted by molar-refractivity contribution is 7.73. The Morgan fingerprint density at radius 1 is 0.867 bits per heavy atom. The number of hydrogen-bond donors (Lipinski definition) is 2. The molecule has 0 spiro atoms. The largest absolute Gasteiger partial charge is 1.00 e. The minimum Gasteiger partial charge on any atom is -0.832 e. The first-order chi connectivity index (χ1) is 6.73. The Balaban J connectivity index is -0.000000158. The summed E-state index contributed by atoms with van der Waals surface area (Å²) in [5.74, 6) is 0. The highest BCUT2D eigenvalue weighted by atomic mass is 31.2. The van der Waals surface area contributed by atoms with Gasteiger partial charge in [0.25, 0.3) is 0 Å². The van der Waals surface area contributed by atoms with Gasteiger partial charge < -0.3 is 15.1 Å². The molecule has 0 fully saturated rings. The van der Waals surface area contributed by atoms with Crippen molar-refractivity contribution in [3.63, 3.8) is 0 Å². The zero-order valence-corrected chi connectivity index (χ0v) is 10.7. The summed E-state index contributed by atoms with van der Waals surface area (Å²) >= 11 is 0. The summed E-state index contributed by atoms with van der Waals surface area (Å²) in [5, 5.41) is 22.8. The molecule has 0 atom stereocenters. The van der Waals surface area contributed by atoms with E-state index in [1.165, 1.54) is 0 Å². The van der Waals surface area contributed by atoms with Gasteiger partial charge in [0.2, 0.25) is 0 Å². The third-order valence-corrected chi connectivity index (χ3v) is 0.667. The van der Waals surface area contributed by atoms with Crippen LogP contribution in [0.2, 0.25) is 0 Å². The van der Waals surface area contributed by atoms with Crippen molar-refractivity contribution in [2.75, 3.05) is 26.7 Å². The first kappa shape index (κ1) is 17.0. The van der Waals surface area contributed by atoms with E-state index in [1.54, 1.807) is 0 Å². The lowest BCUT2D eigenvalue weighted by molar-refractivity contribution is -0.242. The first-order valence-electron chi connectivity index (χ1n) is 4.54. The predicted octanol–water partition coefficient (Wildman–Crippen LogP) is 0.638. The topological polar surface area (TPSA) is 63.5 Å². The molecular weight excluding hydrogens is 210 g/mol. The van der Waals surface area contributed by atoms with Gasteiger partial charge in [-0.3, -0.25) is 0 Å². The van der Waals surface area contributed by atoms with Gasteiger partial charge in [-0.15, -0.1) is 0 Å². The van der Waals surface area contributed by atoms with Crippen molar-refractivity contribution < 1.29 is 16.5 Å². The molecule has 3 nitrogen and oxygen atoms in total. The number of hydrogen-bond acceptors (Lipinski definition) is 3. The molecule has 86 valence electrons. The highest BCUT2D eigenvalue weighted by Gasteiger charge is 2.03. The molecular formula is C10H21BO3P+. The summed E-state index contributed by atoms with van der Waals surface area (Å²) in [4.78, 5) is 0. The normalized spacial score (nSPS) is 9.00. The predicted molar refractivity (Wildman–Crippen MR) is 68.4 cm³/mol. The molecule has 0 radical (unpaired) electrons. The van der Waals surface area contributed by atoms with Gasteiger partial charge >= 0.3 is 8.75 Å². The SMILES string of the molecule is C[P+](C)(C)C.[H+].[O-]B(O)O.c1ccccc1. The first-order valence-corrected chi connectivity index (χ1v) is 8.12. The molecule has 15 heavy (non-hydrogen) atoms. The van der Waals surface area contributed by atoms with Gasteiger partial charge in [-0.25, -0.2) is 0 Å². The van der Waals surface area contributed by atoms with Crippen molar-refractivity contribution in [3.05, 3.63) is 36.4 Å². The van der Waals surface area contributed by atoms with Crippen LogP contribution >= 0.6 is 7.26 Å². The Morgan fingerprint density at radius 3 is 1.00 bits per heavy atom. The third kappa shape index (κ3) is 58.4. The second kappa shape index (κ2) is 10.1. The van der Waals surface area contributed by atoms with E-state index in [0.717, 1.165) is 0 Å². The molecule has 0 unspecified atom stereocenters. The fourth-order valence-corrected chi connectivity index (χ4v) is 0.385. The average Bonchev–Trinajstić information content (AvgIpc) is 2.03. The molecule has 1 aromatic carbocycles. The maximum Gasteiger partial charge on any atom is 1.00 e. The molecule has 2 N–H and O–H groups in total. The lowest BCUT2D eigenvalue weighted by Crippen LogP contribution is -2.29. The maximum atomic E-state index is 8.64. The molecule has 0 aromatic heterocycles. The van der Waals surface area contributed by atoms with E-state index >= 15 is 0 Å². The molecule has 0 saturated heterocycles. The average molecular weight is 231 g/mol. The van der Waals surface area contributed by atoms with Crippen LogP contribution < -0.4 is 5.02 Å². The maximum absolute atomic E-state index is 8.64. The molecule has 5 heteroatoms. The second-order valence-electron chi connectivity index (χ2n) is 4.16. The Kier molecular flexibility index (Phi) is 11.5. The fraction of sp³-hybridized carbons (Fsp3) is 0.400. The Labute approximate surface area is 94.8 Å². The van der Waals surface area contributed by atoms with E-state index in [4.69, 9.17) is 15.1 Å². The quantitative estimate of drug-likeness (QED) is 0.508. The molecule has 1 aromatic rings. The Hall–Kier alpha value is -0.405. The zero-order valence-electron chi connectivity index (χ0n) is 10.8. The molecule has 0 amide bonds. The number of benzene rings is 1. The van der Waals surface area contributed by atoms with Crippen molar-refractivity contribution in [3.8, 4) is 0 Å². The van der Waals surface area contributed by atoms with Gasteiger partial charge in [0, 0.05) is 33.9 Å². The standard InChI is InChI=1S/C6H6.C4H12P.BH2O3/c1-2-4-6-5-3-1;1-5(2,3)4;2-1(3)4/h1-6H;1-4H3;2-3H/q;+1;-1/p+1. The van der Waals surface area contributed by atoms with Crippen molar-refractivity contribution in [1.29, 1.82) is 0 Å². The zero-order chi connectivity index (χ0) is 12.3. The molecule has 0 saturated carbocycles.